The van der Waals surface area contributed by atoms with Crippen LogP contribution in [0.15, 0.2) is 0 Å². The quantitative estimate of drug-likeness (QED) is 0.0222. The highest BCUT2D eigenvalue weighted by Crippen LogP contribution is 2.45. The predicted molar refractivity (Wildman–Crippen MR) is 345 cm³/mol. The fourth-order valence-corrected chi connectivity index (χ4v) is 11.6. The van der Waals surface area contributed by atoms with Crippen LogP contribution < -0.4 is 0 Å². The zero-order valence-corrected chi connectivity index (χ0v) is 57.4. The van der Waals surface area contributed by atoms with Crippen LogP contribution in [-0.4, -0.2) is 96.7 Å². The lowest BCUT2D eigenvalue weighted by molar-refractivity contribution is -0.161. The van der Waals surface area contributed by atoms with Crippen molar-refractivity contribution in [2.45, 2.75) is 355 Å². The van der Waals surface area contributed by atoms with Crippen molar-refractivity contribution >= 4 is 39.5 Å². The van der Waals surface area contributed by atoms with Crippen LogP contribution in [0.4, 0.5) is 0 Å². The molecule has 0 fully saturated rings. The van der Waals surface area contributed by atoms with E-state index in [1.807, 2.05) is 0 Å². The van der Waals surface area contributed by atoms with E-state index in [0.717, 1.165) is 102 Å². The number of phosphoric ester groups is 2. The first-order valence-corrected chi connectivity index (χ1v) is 38.0. The number of hydrogen-bond donors (Lipinski definition) is 3. The number of aliphatic hydroxyl groups is 1. The number of phosphoric acid groups is 2. The number of hydrogen-bond acceptors (Lipinski definition) is 15. The molecule has 0 saturated heterocycles. The molecule has 17 nitrogen and oxygen atoms in total. The van der Waals surface area contributed by atoms with Crippen LogP contribution in [0, 0.1) is 11.8 Å². The van der Waals surface area contributed by atoms with Crippen molar-refractivity contribution in [1.82, 2.24) is 0 Å². The van der Waals surface area contributed by atoms with Gasteiger partial charge in [-0.25, -0.2) is 9.13 Å². The topological polar surface area (TPSA) is 237 Å². The molecule has 0 heterocycles. The van der Waals surface area contributed by atoms with Gasteiger partial charge >= 0.3 is 39.5 Å². The van der Waals surface area contributed by atoms with Crippen LogP contribution in [0.25, 0.3) is 0 Å². The molecule has 0 amide bonds. The lowest BCUT2D eigenvalue weighted by Gasteiger charge is -2.21. The standard InChI is InChI=1S/C67H130O17P2/c1-7-10-12-14-16-18-20-21-22-23-27-32-39-45-51-66(71)83-62(55-77-65(70)50-44-38-31-28-24-25-29-35-41-47-59(4)5)57-81-85(73,74)79-53-61(68)54-80-86(75,76)82-58-63(84-67(72)52-46-40-34-33-36-42-48-60(6)9-3)56-78-64(69)49-43-37-30-26-19-17-15-13-11-8-2/h59-63,68H,7-58H2,1-6H3,(H,73,74)(H,75,76)/t60?,61-,62-,63-/m1/s1. The Morgan fingerprint density at radius 1 is 0.337 bits per heavy atom. The van der Waals surface area contributed by atoms with Crippen LogP contribution >= 0.6 is 15.6 Å². The lowest BCUT2D eigenvalue weighted by atomic mass is 10.00. The maximum absolute atomic E-state index is 13.0. The summed E-state index contributed by atoms with van der Waals surface area (Å²) in [7, 11) is -9.89. The fourth-order valence-electron chi connectivity index (χ4n) is 10.0. The Morgan fingerprint density at radius 3 is 0.884 bits per heavy atom. The second kappa shape index (κ2) is 59.4. The molecule has 0 radical (unpaired) electrons. The molecule has 3 N–H and O–H groups in total. The lowest BCUT2D eigenvalue weighted by Crippen LogP contribution is -2.30. The van der Waals surface area contributed by atoms with Gasteiger partial charge in [0.1, 0.15) is 19.3 Å². The second-order valence-electron chi connectivity index (χ2n) is 24.9. The SMILES string of the molecule is CCCCCCCCCCCCCCCCC(=O)O[C@H](COC(=O)CCCCCCCCCCCC(C)C)COP(=O)(O)OC[C@@H](O)COP(=O)(O)OC[C@@H](COC(=O)CCCCCCCCCCCC)OC(=O)CCCCCCCCC(C)CC. The summed E-state index contributed by atoms with van der Waals surface area (Å²) < 4.78 is 68.1. The van der Waals surface area contributed by atoms with Gasteiger partial charge in [0.05, 0.1) is 26.4 Å². The highest BCUT2D eigenvalue weighted by Gasteiger charge is 2.30. The van der Waals surface area contributed by atoms with Gasteiger partial charge in [-0.1, -0.05) is 286 Å². The molecule has 6 atom stereocenters. The van der Waals surface area contributed by atoms with Crippen LogP contribution in [0.5, 0.6) is 0 Å². The van der Waals surface area contributed by atoms with E-state index in [1.165, 1.54) is 154 Å². The Bertz CT molecular complexity index is 1690. The number of carbonyl (C=O) groups excluding carboxylic acids is 4. The summed E-state index contributed by atoms with van der Waals surface area (Å²) >= 11 is 0. The summed E-state index contributed by atoms with van der Waals surface area (Å²) in [6.07, 6.45) is 43.0. The highest BCUT2D eigenvalue weighted by molar-refractivity contribution is 7.47. The van der Waals surface area contributed by atoms with Gasteiger partial charge in [0.25, 0.3) is 0 Å². The fraction of sp³-hybridized carbons (Fsp3) is 0.940. The molecular weight excluding hydrogens is 1140 g/mol. The molecule has 0 saturated carbocycles. The van der Waals surface area contributed by atoms with Gasteiger partial charge in [0.2, 0.25) is 0 Å². The van der Waals surface area contributed by atoms with E-state index in [-0.39, 0.29) is 25.7 Å². The smallest absolute Gasteiger partial charge is 0.462 e. The number of carbonyl (C=O) groups is 4. The molecule has 0 bridgehead atoms. The zero-order chi connectivity index (χ0) is 63.6. The van der Waals surface area contributed by atoms with Gasteiger partial charge in [-0.15, -0.1) is 0 Å². The molecule has 0 aromatic rings. The average Bonchev–Trinajstić information content (AvgIpc) is 3.63. The van der Waals surface area contributed by atoms with Crippen LogP contribution in [-0.2, 0) is 65.4 Å². The maximum Gasteiger partial charge on any atom is 0.472 e. The Labute approximate surface area is 524 Å². The zero-order valence-electron chi connectivity index (χ0n) is 55.6. The van der Waals surface area contributed by atoms with E-state index in [0.29, 0.717) is 25.7 Å². The van der Waals surface area contributed by atoms with Crippen molar-refractivity contribution in [2.24, 2.45) is 11.8 Å². The average molecular weight is 1270 g/mol. The van der Waals surface area contributed by atoms with Gasteiger partial charge in [0.15, 0.2) is 12.2 Å². The number of ether oxygens (including phenoxy) is 4. The van der Waals surface area contributed by atoms with Crippen molar-refractivity contribution in [2.75, 3.05) is 39.6 Å². The van der Waals surface area contributed by atoms with Crippen LogP contribution in [0.1, 0.15) is 337 Å². The Balaban J connectivity index is 5.25. The summed E-state index contributed by atoms with van der Waals surface area (Å²) in [6.45, 7) is 9.45. The summed E-state index contributed by atoms with van der Waals surface area (Å²) in [5, 5.41) is 10.6. The van der Waals surface area contributed by atoms with Gasteiger partial charge in [-0.3, -0.25) is 37.3 Å². The van der Waals surface area contributed by atoms with Crippen molar-refractivity contribution in [3.05, 3.63) is 0 Å². The summed E-state index contributed by atoms with van der Waals surface area (Å²) in [4.78, 5) is 72.4. The monoisotopic (exact) mass is 1270 g/mol. The van der Waals surface area contributed by atoms with Crippen LogP contribution in [0.3, 0.4) is 0 Å². The van der Waals surface area contributed by atoms with E-state index in [9.17, 15) is 43.2 Å². The Hall–Kier alpha value is -1.94. The molecule has 0 spiro atoms. The molecule has 0 aliphatic heterocycles. The van der Waals surface area contributed by atoms with Gasteiger partial charge in [-0.2, -0.15) is 0 Å². The van der Waals surface area contributed by atoms with Gasteiger partial charge < -0.3 is 33.8 Å². The molecule has 0 aromatic heterocycles. The van der Waals surface area contributed by atoms with Crippen molar-refractivity contribution in [3.8, 4) is 0 Å². The molecular formula is C67H130O17P2. The number of aliphatic hydroxyl groups excluding tert-OH is 1. The van der Waals surface area contributed by atoms with E-state index < -0.39 is 97.5 Å². The largest absolute Gasteiger partial charge is 0.472 e. The molecule has 19 heteroatoms. The van der Waals surface area contributed by atoms with E-state index in [4.69, 9.17) is 37.0 Å². The second-order valence-corrected chi connectivity index (χ2v) is 27.8. The number of esters is 4. The molecule has 3 unspecified atom stereocenters. The third-order valence-electron chi connectivity index (χ3n) is 15.8. The van der Waals surface area contributed by atoms with E-state index >= 15 is 0 Å². The minimum absolute atomic E-state index is 0.103. The first kappa shape index (κ1) is 84.1. The molecule has 86 heavy (non-hydrogen) atoms. The summed E-state index contributed by atoms with van der Waals surface area (Å²) in [6, 6.07) is 0. The molecule has 0 aromatic carbocycles. The molecule has 510 valence electrons. The minimum Gasteiger partial charge on any atom is -0.462 e. The third-order valence-corrected chi connectivity index (χ3v) is 17.7. The summed E-state index contributed by atoms with van der Waals surface area (Å²) in [5.74, 6) is -0.666. The predicted octanol–water partition coefficient (Wildman–Crippen LogP) is 18.8. The number of rotatable bonds is 66. The number of unbranched alkanes of at least 4 members (excludes halogenated alkanes) is 35. The molecule has 0 aliphatic carbocycles. The van der Waals surface area contributed by atoms with Crippen LogP contribution in [0.2, 0.25) is 0 Å². The van der Waals surface area contributed by atoms with Crippen molar-refractivity contribution in [1.29, 1.82) is 0 Å². The summed E-state index contributed by atoms with van der Waals surface area (Å²) in [5.41, 5.74) is 0. The highest BCUT2D eigenvalue weighted by atomic mass is 31.2. The first-order valence-electron chi connectivity index (χ1n) is 35.0. The maximum atomic E-state index is 13.0. The minimum atomic E-state index is -4.95. The van der Waals surface area contributed by atoms with Gasteiger partial charge in [-0.05, 0) is 37.5 Å². The first-order chi connectivity index (χ1) is 41.4. The van der Waals surface area contributed by atoms with E-state index in [2.05, 4.69) is 41.5 Å². The van der Waals surface area contributed by atoms with Crippen molar-refractivity contribution in [3.63, 3.8) is 0 Å². The Morgan fingerprint density at radius 2 is 0.593 bits per heavy atom. The molecule has 0 aliphatic rings. The van der Waals surface area contributed by atoms with Gasteiger partial charge in [0, 0.05) is 25.7 Å². The Kier molecular flexibility index (Phi) is 58.0. The third kappa shape index (κ3) is 59.7. The normalized spacial score (nSPS) is 14.5. The molecule has 0 rings (SSSR count). The van der Waals surface area contributed by atoms with E-state index in [1.54, 1.807) is 0 Å². The van der Waals surface area contributed by atoms with Crippen molar-refractivity contribution < 1.29 is 80.2 Å².